The van der Waals surface area contributed by atoms with Crippen LogP contribution >= 0.6 is 0 Å². The number of hydrogen-bond donors (Lipinski definition) is 0. The Labute approximate surface area is 198 Å². The minimum atomic E-state index is -4.46. The molecule has 2 fully saturated rings. The van der Waals surface area contributed by atoms with Crippen LogP contribution in [0.25, 0.3) is 0 Å². The van der Waals surface area contributed by atoms with Crippen molar-refractivity contribution in [1.82, 2.24) is 19.9 Å². The SMILES string of the molecule is CN(C)C(=O)OC1CN(c2ncc(N3CC[C@@H](Oc4ccc(OCC(F)(F)F)nc4)C3=O)cn2)C1. The first kappa shape index (κ1) is 24.3. The molecule has 1 atom stereocenters. The van der Waals surface area contributed by atoms with E-state index in [4.69, 9.17) is 9.47 Å². The van der Waals surface area contributed by atoms with Crippen LogP contribution < -0.4 is 19.3 Å². The fourth-order valence-electron chi connectivity index (χ4n) is 3.40. The molecule has 0 unspecified atom stereocenters. The summed E-state index contributed by atoms with van der Waals surface area (Å²) >= 11 is 0. The minimum Gasteiger partial charge on any atom is -0.479 e. The van der Waals surface area contributed by atoms with Gasteiger partial charge in [0.2, 0.25) is 11.8 Å². The molecule has 2 saturated heterocycles. The average Bonchev–Trinajstić information content (AvgIpc) is 3.15. The van der Waals surface area contributed by atoms with Gasteiger partial charge in [0.25, 0.3) is 5.91 Å². The van der Waals surface area contributed by atoms with Gasteiger partial charge in [-0.2, -0.15) is 13.2 Å². The number of carbonyl (C=O) groups is 2. The first-order valence-electron chi connectivity index (χ1n) is 10.7. The highest BCUT2D eigenvalue weighted by molar-refractivity contribution is 5.98. The van der Waals surface area contributed by atoms with Gasteiger partial charge < -0.3 is 28.9 Å². The molecule has 0 saturated carbocycles. The van der Waals surface area contributed by atoms with E-state index in [1.807, 2.05) is 4.90 Å². The molecule has 4 rings (SSSR count). The van der Waals surface area contributed by atoms with Crippen molar-refractivity contribution in [3.63, 3.8) is 0 Å². The summed E-state index contributed by atoms with van der Waals surface area (Å²) in [5.41, 5.74) is 0.509. The number of alkyl halides is 3. The van der Waals surface area contributed by atoms with Crippen molar-refractivity contribution in [2.24, 2.45) is 0 Å². The van der Waals surface area contributed by atoms with E-state index in [0.717, 1.165) is 0 Å². The van der Waals surface area contributed by atoms with Gasteiger partial charge in [0.1, 0.15) is 11.9 Å². The Kier molecular flexibility index (Phi) is 6.80. The number of nitrogens with zero attached hydrogens (tertiary/aromatic N) is 6. The normalized spacial score (nSPS) is 18.3. The van der Waals surface area contributed by atoms with Gasteiger partial charge in [-0.15, -0.1) is 0 Å². The number of hydrogen-bond acceptors (Lipinski definition) is 9. The van der Waals surface area contributed by atoms with Crippen LogP contribution in [0.1, 0.15) is 6.42 Å². The van der Waals surface area contributed by atoms with Crippen molar-refractivity contribution >= 4 is 23.6 Å². The average molecular weight is 496 g/mol. The monoisotopic (exact) mass is 496 g/mol. The van der Waals surface area contributed by atoms with E-state index >= 15 is 0 Å². The van der Waals surface area contributed by atoms with Crippen molar-refractivity contribution in [3.05, 3.63) is 30.7 Å². The molecule has 188 valence electrons. The molecule has 2 aromatic rings. The molecule has 0 aliphatic carbocycles. The molecule has 4 heterocycles. The molecule has 2 aliphatic rings. The maximum atomic E-state index is 12.8. The fraction of sp³-hybridized carbons (Fsp3) is 0.476. The van der Waals surface area contributed by atoms with E-state index in [1.54, 1.807) is 14.1 Å². The highest BCUT2D eigenvalue weighted by Gasteiger charge is 2.36. The number of rotatable bonds is 7. The summed E-state index contributed by atoms with van der Waals surface area (Å²) in [4.78, 5) is 41.5. The van der Waals surface area contributed by atoms with Gasteiger partial charge in [-0.3, -0.25) is 4.79 Å². The number of ether oxygens (including phenoxy) is 3. The number of pyridine rings is 1. The second kappa shape index (κ2) is 9.80. The number of amides is 2. The Bertz CT molecular complexity index is 1040. The van der Waals surface area contributed by atoms with Crippen LogP contribution in [0, 0.1) is 0 Å². The summed E-state index contributed by atoms with van der Waals surface area (Å²) in [5, 5.41) is 0. The topological polar surface area (TPSA) is 110 Å². The van der Waals surface area contributed by atoms with Crippen molar-refractivity contribution in [3.8, 4) is 11.6 Å². The lowest BCUT2D eigenvalue weighted by atomic mass is 10.2. The maximum absolute atomic E-state index is 12.8. The predicted molar refractivity (Wildman–Crippen MR) is 115 cm³/mol. The zero-order valence-corrected chi connectivity index (χ0v) is 18.9. The summed E-state index contributed by atoms with van der Waals surface area (Å²) in [7, 11) is 3.22. The van der Waals surface area contributed by atoms with E-state index in [-0.39, 0.29) is 23.6 Å². The van der Waals surface area contributed by atoms with Crippen LogP contribution in [0.15, 0.2) is 30.7 Å². The maximum Gasteiger partial charge on any atom is 0.422 e. The zero-order chi connectivity index (χ0) is 25.2. The van der Waals surface area contributed by atoms with E-state index in [9.17, 15) is 22.8 Å². The van der Waals surface area contributed by atoms with E-state index < -0.39 is 25.0 Å². The first-order chi connectivity index (χ1) is 16.6. The summed E-state index contributed by atoms with van der Waals surface area (Å²) in [6, 6.07) is 2.63. The standard InChI is InChI=1S/C21H23F3N6O5/c1-28(2)20(32)35-15-10-29(11-15)19-26-7-13(8-27-19)30-6-5-16(18(30)31)34-14-3-4-17(25-9-14)33-12-21(22,23)24/h3-4,7-9,15-16H,5-6,10-12H2,1-2H3/t16-/m1/s1. The lowest BCUT2D eigenvalue weighted by molar-refractivity contribution is -0.154. The number of aromatic nitrogens is 3. The van der Waals surface area contributed by atoms with E-state index in [2.05, 4.69) is 19.7 Å². The third-order valence-electron chi connectivity index (χ3n) is 5.23. The van der Waals surface area contributed by atoms with Crippen molar-refractivity contribution in [2.45, 2.75) is 24.8 Å². The Morgan fingerprint density at radius 3 is 2.46 bits per heavy atom. The third-order valence-corrected chi connectivity index (χ3v) is 5.23. The van der Waals surface area contributed by atoms with Crippen molar-refractivity contribution < 1.29 is 37.0 Å². The van der Waals surface area contributed by atoms with Crippen LogP contribution in [-0.4, -0.2) is 90.6 Å². The minimum absolute atomic E-state index is 0.198. The highest BCUT2D eigenvalue weighted by Crippen LogP contribution is 2.26. The third kappa shape index (κ3) is 6.00. The molecule has 14 heteroatoms. The number of anilines is 2. The number of halogens is 3. The van der Waals surface area contributed by atoms with Crippen LogP contribution in [0.4, 0.5) is 29.6 Å². The van der Waals surface area contributed by atoms with Crippen LogP contribution in [-0.2, 0) is 9.53 Å². The van der Waals surface area contributed by atoms with Crippen LogP contribution in [0.3, 0.4) is 0 Å². The van der Waals surface area contributed by atoms with E-state index in [1.165, 1.54) is 40.5 Å². The second-order valence-corrected chi connectivity index (χ2v) is 8.17. The van der Waals surface area contributed by atoms with Gasteiger partial charge in [-0.25, -0.2) is 19.7 Å². The van der Waals surface area contributed by atoms with Gasteiger partial charge in [-0.05, 0) is 6.07 Å². The molecule has 0 bridgehead atoms. The summed E-state index contributed by atoms with van der Waals surface area (Å²) in [6.07, 6.45) is -1.19. The fourth-order valence-corrected chi connectivity index (χ4v) is 3.40. The molecule has 11 nitrogen and oxygen atoms in total. The number of carbonyl (C=O) groups excluding carboxylic acids is 2. The van der Waals surface area contributed by atoms with Gasteiger partial charge in [0.15, 0.2) is 12.7 Å². The van der Waals surface area contributed by atoms with Crippen LogP contribution in [0.5, 0.6) is 11.6 Å². The Balaban J connectivity index is 1.27. The van der Waals surface area contributed by atoms with E-state index in [0.29, 0.717) is 37.7 Å². The zero-order valence-electron chi connectivity index (χ0n) is 18.9. The Morgan fingerprint density at radius 2 is 1.86 bits per heavy atom. The van der Waals surface area contributed by atoms with Gasteiger partial charge in [0.05, 0.1) is 37.4 Å². The molecule has 35 heavy (non-hydrogen) atoms. The largest absolute Gasteiger partial charge is 0.479 e. The molecule has 0 N–H and O–H groups in total. The summed E-state index contributed by atoms with van der Waals surface area (Å²) in [5.74, 6) is 0.205. The first-order valence-corrected chi connectivity index (χ1v) is 10.7. The van der Waals surface area contributed by atoms with Gasteiger partial charge in [0, 0.05) is 33.1 Å². The van der Waals surface area contributed by atoms with Gasteiger partial charge in [-0.1, -0.05) is 0 Å². The molecule has 2 amide bonds. The van der Waals surface area contributed by atoms with Crippen molar-refractivity contribution in [2.75, 3.05) is 50.1 Å². The Hall–Kier alpha value is -3.84. The molecular formula is C21H23F3N6O5. The Morgan fingerprint density at radius 1 is 1.14 bits per heavy atom. The summed E-state index contributed by atoms with van der Waals surface area (Å²) in [6.45, 7) is -0.102. The lowest BCUT2D eigenvalue weighted by Gasteiger charge is -2.38. The van der Waals surface area contributed by atoms with Gasteiger partial charge >= 0.3 is 12.3 Å². The van der Waals surface area contributed by atoms with Crippen molar-refractivity contribution in [1.29, 1.82) is 0 Å². The quantitative estimate of drug-likeness (QED) is 0.567. The summed E-state index contributed by atoms with van der Waals surface area (Å²) < 4.78 is 52.2. The molecule has 2 aromatic heterocycles. The predicted octanol–water partition coefficient (Wildman–Crippen LogP) is 1.88. The molecule has 0 radical (unpaired) electrons. The highest BCUT2D eigenvalue weighted by atomic mass is 19.4. The second-order valence-electron chi connectivity index (χ2n) is 8.17. The lowest BCUT2D eigenvalue weighted by Crippen LogP contribution is -2.54. The molecule has 2 aliphatic heterocycles. The molecular weight excluding hydrogens is 473 g/mol. The molecule has 0 aromatic carbocycles. The molecule has 0 spiro atoms. The van der Waals surface area contributed by atoms with Crippen LogP contribution in [0.2, 0.25) is 0 Å². The smallest absolute Gasteiger partial charge is 0.422 e.